The van der Waals surface area contributed by atoms with Crippen LogP contribution in [0.2, 0.25) is 0 Å². The number of ether oxygens (including phenoxy) is 1. The Balaban J connectivity index is 2.13. The first kappa shape index (κ1) is 5.18. The number of fused-ring (bicyclic) bond motifs is 1. The minimum absolute atomic E-state index is 0.123. The van der Waals surface area contributed by atoms with E-state index in [9.17, 15) is 4.39 Å². The first-order valence-corrected chi connectivity index (χ1v) is 3.51. The first-order chi connectivity index (χ1) is 3.73. The molecule has 0 aromatic rings. The monoisotopic (exact) mass is 180 g/mol. The summed E-state index contributed by atoms with van der Waals surface area (Å²) in [6.45, 7) is 0.743. The molecule has 8 heavy (non-hydrogen) atoms. The molecule has 1 nitrogen and oxygen atoms in total. The van der Waals surface area contributed by atoms with Crippen LogP contribution in [0.15, 0.2) is 0 Å². The van der Waals surface area contributed by atoms with Crippen LogP contribution in [0.3, 0.4) is 0 Å². The van der Waals surface area contributed by atoms with Gasteiger partial charge < -0.3 is 4.74 Å². The Morgan fingerprint density at radius 2 is 2.50 bits per heavy atom. The second-order valence-corrected chi connectivity index (χ2v) is 3.58. The Bertz CT molecular complexity index is 114. The van der Waals surface area contributed by atoms with Crippen LogP contribution < -0.4 is 0 Å². The van der Waals surface area contributed by atoms with Gasteiger partial charge in [-0.2, -0.15) is 0 Å². The molecule has 3 atom stereocenters. The molecule has 2 fully saturated rings. The Morgan fingerprint density at radius 1 is 1.75 bits per heavy atom. The zero-order valence-electron chi connectivity index (χ0n) is 4.23. The largest absolute Gasteiger partial charge is 0.373 e. The normalized spacial score (nSPS) is 60.8. The molecule has 0 amide bonds. The van der Waals surface area contributed by atoms with Gasteiger partial charge in [-0.15, -0.1) is 0 Å². The lowest BCUT2D eigenvalue weighted by Crippen LogP contribution is -2.04. The number of hydrogen-bond donors (Lipinski definition) is 0. The van der Waals surface area contributed by atoms with Gasteiger partial charge in [-0.25, -0.2) is 4.39 Å². The number of rotatable bonds is 0. The fraction of sp³-hybridized carbons (Fsp3) is 1.00. The van der Waals surface area contributed by atoms with E-state index in [-0.39, 0.29) is 12.0 Å². The molecule has 3 heteroatoms. The standard InChI is InChI=1S/C5H6BrFO/c6-5(7)3-1-2-8-4(3)5/h3-4H,1-2H2. The topological polar surface area (TPSA) is 9.23 Å². The predicted molar refractivity (Wildman–Crippen MR) is 30.6 cm³/mol. The van der Waals surface area contributed by atoms with E-state index < -0.39 is 4.58 Å². The highest BCUT2D eigenvalue weighted by Crippen LogP contribution is 2.59. The lowest BCUT2D eigenvalue weighted by atomic mass is 10.3. The zero-order valence-corrected chi connectivity index (χ0v) is 5.82. The molecule has 0 aromatic heterocycles. The van der Waals surface area contributed by atoms with Gasteiger partial charge in [0.15, 0.2) is 4.58 Å². The SMILES string of the molecule is FC1(Br)C2CCOC21. The fourth-order valence-corrected chi connectivity index (χ4v) is 2.04. The molecule has 2 aliphatic rings. The molecule has 0 spiro atoms. The quantitative estimate of drug-likeness (QED) is 0.514. The van der Waals surface area contributed by atoms with Crippen molar-refractivity contribution in [3.05, 3.63) is 0 Å². The molecule has 1 heterocycles. The first-order valence-electron chi connectivity index (χ1n) is 2.72. The van der Waals surface area contributed by atoms with Crippen molar-refractivity contribution in [3.63, 3.8) is 0 Å². The molecule has 46 valence electrons. The van der Waals surface area contributed by atoms with Crippen LogP contribution in [0, 0.1) is 5.92 Å². The van der Waals surface area contributed by atoms with Gasteiger partial charge in [0.25, 0.3) is 0 Å². The number of alkyl halides is 2. The predicted octanol–water partition coefficient (Wildman–Crippen LogP) is 1.47. The van der Waals surface area contributed by atoms with E-state index in [1.54, 1.807) is 0 Å². The van der Waals surface area contributed by atoms with E-state index in [4.69, 9.17) is 4.74 Å². The van der Waals surface area contributed by atoms with Crippen LogP contribution in [0.1, 0.15) is 6.42 Å². The second-order valence-electron chi connectivity index (χ2n) is 2.36. The highest BCUT2D eigenvalue weighted by Gasteiger charge is 2.68. The van der Waals surface area contributed by atoms with Crippen LogP contribution in [-0.4, -0.2) is 17.3 Å². The van der Waals surface area contributed by atoms with E-state index in [0.717, 1.165) is 13.0 Å². The maximum atomic E-state index is 12.7. The molecule has 0 N–H and O–H groups in total. The highest BCUT2D eigenvalue weighted by molar-refractivity contribution is 9.10. The zero-order chi connectivity index (χ0) is 5.78. The summed E-state index contributed by atoms with van der Waals surface area (Å²) in [4.78, 5) is 0. The highest BCUT2D eigenvalue weighted by atomic mass is 79.9. The molecular weight excluding hydrogens is 175 g/mol. The van der Waals surface area contributed by atoms with E-state index in [1.165, 1.54) is 0 Å². The van der Waals surface area contributed by atoms with E-state index >= 15 is 0 Å². The minimum atomic E-state index is -1.15. The summed E-state index contributed by atoms with van der Waals surface area (Å²) in [7, 11) is 0. The lowest BCUT2D eigenvalue weighted by Gasteiger charge is -1.99. The molecule has 1 aliphatic carbocycles. The molecule has 3 unspecified atom stereocenters. The van der Waals surface area contributed by atoms with Crippen molar-refractivity contribution in [3.8, 4) is 0 Å². The van der Waals surface area contributed by atoms with Crippen molar-refractivity contribution < 1.29 is 9.13 Å². The van der Waals surface area contributed by atoms with Crippen molar-refractivity contribution in [1.29, 1.82) is 0 Å². The third-order valence-corrected chi connectivity index (χ3v) is 2.90. The summed E-state index contributed by atoms with van der Waals surface area (Å²) in [5.41, 5.74) is 0. The molecular formula is C5H6BrFO. The van der Waals surface area contributed by atoms with Gasteiger partial charge in [0.1, 0.15) is 6.10 Å². The van der Waals surface area contributed by atoms with Gasteiger partial charge in [0, 0.05) is 12.5 Å². The lowest BCUT2D eigenvalue weighted by molar-refractivity contribution is 0.119. The van der Waals surface area contributed by atoms with Crippen molar-refractivity contribution in [2.75, 3.05) is 6.61 Å². The van der Waals surface area contributed by atoms with Crippen LogP contribution in [0.25, 0.3) is 0 Å². The molecule has 1 saturated heterocycles. The maximum Gasteiger partial charge on any atom is 0.196 e. The van der Waals surface area contributed by atoms with Crippen LogP contribution >= 0.6 is 15.9 Å². The summed E-state index contributed by atoms with van der Waals surface area (Å²) in [6.07, 6.45) is 0.759. The Labute approximate surface area is 55.3 Å². The third kappa shape index (κ3) is 0.443. The molecule has 1 saturated carbocycles. The van der Waals surface area contributed by atoms with Gasteiger partial charge in [0.05, 0.1) is 0 Å². The Hall–Kier alpha value is 0.370. The van der Waals surface area contributed by atoms with Gasteiger partial charge in [0.2, 0.25) is 0 Å². The van der Waals surface area contributed by atoms with E-state index in [1.807, 2.05) is 0 Å². The van der Waals surface area contributed by atoms with Crippen molar-refractivity contribution in [2.24, 2.45) is 5.92 Å². The number of halogens is 2. The molecule has 1 aliphatic heterocycles. The van der Waals surface area contributed by atoms with Crippen LogP contribution in [0.5, 0.6) is 0 Å². The van der Waals surface area contributed by atoms with Crippen LogP contribution in [0.4, 0.5) is 4.39 Å². The Kier molecular flexibility index (Phi) is 0.819. The van der Waals surface area contributed by atoms with Gasteiger partial charge in [-0.1, -0.05) is 0 Å². The fourth-order valence-electron chi connectivity index (χ4n) is 1.25. The summed E-state index contributed by atoms with van der Waals surface area (Å²) in [5, 5.41) is 0. The molecule has 2 rings (SSSR count). The van der Waals surface area contributed by atoms with Crippen molar-refractivity contribution in [2.45, 2.75) is 17.1 Å². The van der Waals surface area contributed by atoms with Gasteiger partial charge >= 0.3 is 0 Å². The van der Waals surface area contributed by atoms with Gasteiger partial charge in [-0.3, -0.25) is 0 Å². The van der Waals surface area contributed by atoms with E-state index in [0.29, 0.717) is 0 Å². The second kappa shape index (κ2) is 1.27. The summed E-state index contributed by atoms with van der Waals surface area (Å²) in [6, 6.07) is 0. The van der Waals surface area contributed by atoms with E-state index in [2.05, 4.69) is 15.9 Å². The van der Waals surface area contributed by atoms with Crippen molar-refractivity contribution >= 4 is 15.9 Å². The Morgan fingerprint density at radius 3 is 2.75 bits per heavy atom. The van der Waals surface area contributed by atoms with Crippen LogP contribution in [-0.2, 0) is 4.74 Å². The van der Waals surface area contributed by atoms with Gasteiger partial charge in [-0.05, 0) is 22.4 Å². The summed E-state index contributed by atoms with van der Waals surface area (Å²) < 4.78 is 16.6. The average molecular weight is 181 g/mol. The minimum Gasteiger partial charge on any atom is -0.373 e. The van der Waals surface area contributed by atoms with Crippen molar-refractivity contribution in [1.82, 2.24) is 0 Å². The maximum absolute atomic E-state index is 12.7. The smallest absolute Gasteiger partial charge is 0.196 e. The third-order valence-electron chi connectivity index (χ3n) is 1.86. The molecule has 0 aromatic carbocycles. The summed E-state index contributed by atoms with van der Waals surface area (Å²) in [5.74, 6) is 0.155. The average Bonchev–Trinajstić information content (AvgIpc) is 2.22. The summed E-state index contributed by atoms with van der Waals surface area (Å²) >= 11 is 2.94. The number of hydrogen-bond acceptors (Lipinski definition) is 1. The molecule has 0 radical (unpaired) electrons. The molecule has 0 bridgehead atoms.